The van der Waals surface area contributed by atoms with Gasteiger partial charge in [-0.15, -0.1) is 0 Å². The molecule has 1 aliphatic rings. The molecule has 0 aliphatic carbocycles. The van der Waals surface area contributed by atoms with E-state index < -0.39 is 0 Å². The molecule has 2 aromatic rings. The van der Waals surface area contributed by atoms with Crippen LogP contribution in [0.2, 0.25) is 0 Å². The summed E-state index contributed by atoms with van der Waals surface area (Å²) in [4.78, 5) is 25.3. The normalized spacial score (nSPS) is 14.9. The molecule has 122 valence electrons. The smallest absolute Gasteiger partial charge is 0.257 e. The van der Waals surface area contributed by atoms with Gasteiger partial charge < -0.3 is 19.5 Å². The van der Waals surface area contributed by atoms with Gasteiger partial charge in [0.1, 0.15) is 12.1 Å². The fourth-order valence-electron chi connectivity index (χ4n) is 2.66. The van der Waals surface area contributed by atoms with E-state index >= 15 is 0 Å². The topological polar surface area (TPSA) is 74.5 Å². The van der Waals surface area contributed by atoms with E-state index in [0.717, 1.165) is 31.1 Å². The third-order valence-corrected chi connectivity index (χ3v) is 3.83. The number of aromatic nitrogens is 2. The number of nitrogens with zero attached hydrogens (tertiary/aromatic N) is 4. The number of hydrogen-bond acceptors (Lipinski definition) is 6. The lowest BCUT2D eigenvalue weighted by Crippen LogP contribution is -2.49. The van der Waals surface area contributed by atoms with Crippen molar-refractivity contribution in [2.45, 2.75) is 13.8 Å². The van der Waals surface area contributed by atoms with Gasteiger partial charge in [-0.05, 0) is 19.9 Å². The van der Waals surface area contributed by atoms with E-state index in [1.807, 2.05) is 24.8 Å². The van der Waals surface area contributed by atoms with Gasteiger partial charge in [0.25, 0.3) is 5.91 Å². The summed E-state index contributed by atoms with van der Waals surface area (Å²) < 4.78 is 4.98. The molecule has 1 N–H and O–H groups in total. The zero-order valence-corrected chi connectivity index (χ0v) is 13.5. The molecule has 0 aromatic carbocycles. The van der Waals surface area contributed by atoms with Gasteiger partial charge >= 0.3 is 0 Å². The molecule has 2 aromatic heterocycles. The summed E-state index contributed by atoms with van der Waals surface area (Å²) in [7, 11) is 0. The molecular formula is C16H21N5O2. The first-order valence-electron chi connectivity index (χ1n) is 7.83. The number of piperazine rings is 1. The zero-order valence-electron chi connectivity index (χ0n) is 13.5. The number of carbonyl (C=O) groups excluding carboxylic acids is 1. The van der Waals surface area contributed by atoms with Crippen LogP contribution in [-0.4, -0.2) is 53.5 Å². The predicted octanol–water partition coefficient (Wildman–Crippen LogP) is 1.77. The summed E-state index contributed by atoms with van der Waals surface area (Å²) in [5.41, 5.74) is 1.54. The largest absolute Gasteiger partial charge is 0.472 e. The fraction of sp³-hybridized carbons (Fsp3) is 0.438. The number of amides is 1. The van der Waals surface area contributed by atoms with E-state index in [1.165, 1.54) is 12.5 Å². The van der Waals surface area contributed by atoms with Crippen LogP contribution in [0.5, 0.6) is 0 Å². The zero-order chi connectivity index (χ0) is 16.2. The van der Waals surface area contributed by atoms with Crippen LogP contribution in [0.15, 0.2) is 29.1 Å². The maximum atomic E-state index is 12.3. The van der Waals surface area contributed by atoms with E-state index in [2.05, 4.69) is 20.2 Å². The monoisotopic (exact) mass is 315 g/mol. The van der Waals surface area contributed by atoms with Crippen LogP contribution in [-0.2, 0) is 0 Å². The van der Waals surface area contributed by atoms with E-state index in [4.69, 9.17) is 4.42 Å². The minimum absolute atomic E-state index is 0.0191. The Morgan fingerprint density at radius 2 is 2.09 bits per heavy atom. The molecule has 0 radical (unpaired) electrons. The van der Waals surface area contributed by atoms with E-state index in [9.17, 15) is 4.79 Å². The lowest BCUT2D eigenvalue weighted by atomic mass is 10.2. The average Bonchev–Trinajstić information content (AvgIpc) is 3.08. The van der Waals surface area contributed by atoms with Crippen LogP contribution in [0, 0.1) is 6.92 Å². The van der Waals surface area contributed by atoms with Gasteiger partial charge in [0.15, 0.2) is 0 Å². The summed E-state index contributed by atoms with van der Waals surface area (Å²) in [6, 6.07) is 3.68. The fourth-order valence-corrected chi connectivity index (χ4v) is 2.66. The van der Waals surface area contributed by atoms with Gasteiger partial charge in [0.05, 0.1) is 11.8 Å². The Morgan fingerprint density at radius 3 is 2.74 bits per heavy atom. The maximum Gasteiger partial charge on any atom is 0.257 e. The molecule has 0 unspecified atom stereocenters. The highest BCUT2D eigenvalue weighted by Crippen LogP contribution is 2.18. The van der Waals surface area contributed by atoms with Crippen molar-refractivity contribution < 1.29 is 9.21 Å². The van der Waals surface area contributed by atoms with Gasteiger partial charge in [-0.2, -0.15) is 4.98 Å². The molecule has 0 spiro atoms. The Kier molecular flexibility index (Phi) is 4.45. The van der Waals surface area contributed by atoms with Gasteiger partial charge in [0.2, 0.25) is 5.95 Å². The Labute approximate surface area is 135 Å². The second-order valence-electron chi connectivity index (χ2n) is 5.51. The SMILES string of the molecule is CCNc1nc(C)cc(N2CCN(C(=O)c3ccoc3)CC2)n1. The van der Waals surface area contributed by atoms with Crippen molar-refractivity contribution in [1.82, 2.24) is 14.9 Å². The molecule has 3 heterocycles. The van der Waals surface area contributed by atoms with Gasteiger partial charge in [-0.3, -0.25) is 4.79 Å². The Balaban J connectivity index is 1.66. The molecular weight excluding hydrogens is 294 g/mol. The van der Waals surface area contributed by atoms with Gasteiger partial charge in [-0.1, -0.05) is 0 Å². The van der Waals surface area contributed by atoms with E-state index in [-0.39, 0.29) is 5.91 Å². The van der Waals surface area contributed by atoms with Crippen LogP contribution < -0.4 is 10.2 Å². The Hall–Kier alpha value is -2.57. The number of anilines is 2. The first kappa shape index (κ1) is 15.3. The first-order valence-corrected chi connectivity index (χ1v) is 7.83. The number of aryl methyl sites for hydroxylation is 1. The lowest BCUT2D eigenvalue weighted by Gasteiger charge is -2.35. The average molecular weight is 315 g/mol. The van der Waals surface area contributed by atoms with Gasteiger partial charge in [0, 0.05) is 44.5 Å². The van der Waals surface area contributed by atoms with Crippen molar-refractivity contribution in [3.8, 4) is 0 Å². The number of nitrogens with one attached hydrogen (secondary N) is 1. The third kappa shape index (κ3) is 3.44. The minimum Gasteiger partial charge on any atom is -0.472 e. The van der Waals surface area contributed by atoms with Crippen LogP contribution in [0.1, 0.15) is 23.0 Å². The number of furan rings is 1. The summed E-state index contributed by atoms with van der Waals surface area (Å²) >= 11 is 0. The summed E-state index contributed by atoms with van der Waals surface area (Å²) in [6.45, 7) is 7.62. The van der Waals surface area contributed by atoms with Gasteiger partial charge in [-0.25, -0.2) is 4.98 Å². The van der Waals surface area contributed by atoms with Crippen molar-refractivity contribution in [2.24, 2.45) is 0 Å². The molecule has 0 bridgehead atoms. The van der Waals surface area contributed by atoms with E-state index in [0.29, 0.717) is 24.6 Å². The highest BCUT2D eigenvalue weighted by atomic mass is 16.3. The van der Waals surface area contributed by atoms with Crippen LogP contribution in [0.3, 0.4) is 0 Å². The first-order chi connectivity index (χ1) is 11.2. The van der Waals surface area contributed by atoms with Crippen LogP contribution in [0.25, 0.3) is 0 Å². The molecule has 1 saturated heterocycles. The molecule has 0 atom stereocenters. The molecule has 7 nitrogen and oxygen atoms in total. The molecule has 1 fully saturated rings. The minimum atomic E-state index is 0.0191. The van der Waals surface area contributed by atoms with Crippen molar-refractivity contribution in [2.75, 3.05) is 42.9 Å². The van der Waals surface area contributed by atoms with E-state index in [1.54, 1.807) is 6.07 Å². The molecule has 0 saturated carbocycles. The summed E-state index contributed by atoms with van der Waals surface area (Å²) in [5, 5.41) is 3.15. The Morgan fingerprint density at radius 1 is 1.30 bits per heavy atom. The highest BCUT2D eigenvalue weighted by molar-refractivity contribution is 5.94. The second kappa shape index (κ2) is 6.68. The van der Waals surface area contributed by atoms with Crippen molar-refractivity contribution in [3.63, 3.8) is 0 Å². The molecule has 3 rings (SSSR count). The second-order valence-corrected chi connectivity index (χ2v) is 5.51. The summed E-state index contributed by atoms with van der Waals surface area (Å²) in [5.74, 6) is 1.58. The number of hydrogen-bond donors (Lipinski definition) is 1. The van der Waals surface area contributed by atoms with Crippen molar-refractivity contribution in [3.05, 3.63) is 35.9 Å². The molecule has 1 amide bonds. The molecule has 7 heteroatoms. The molecule has 23 heavy (non-hydrogen) atoms. The highest BCUT2D eigenvalue weighted by Gasteiger charge is 2.23. The third-order valence-electron chi connectivity index (χ3n) is 3.83. The molecule has 1 aliphatic heterocycles. The summed E-state index contributed by atoms with van der Waals surface area (Å²) in [6.07, 6.45) is 3.01. The van der Waals surface area contributed by atoms with Crippen LogP contribution in [0.4, 0.5) is 11.8 Å². The maximum absolute atomic E-state index is 12.3. The van der Waals surface area contributed by atoms with Crippen molar-refractivity contribution >= 4 is 17.7 Å². The standard InChI is InChI=1S/C16H21N5O2/c1-3-17-16-18-12(2)10-14(19-16)20-5-7-21(8-6-20)15(22)13-4-9-23-11-13/h4,9-11H,3,5-8H2,1-2H3,(H,17,18,19). The van der Waals surface area contributed by atoms with Crippen LogP contribution >= 0.6 is 0 Å². The number of carbonyl (C=O) groups is 1. The van der Waals surface area contributed by atoms with Crippen molar-refractivity contribution in [1.29, 1.82) is 0 Å². The quantitative estimate of drug-likeness (QED) is 0.927. The number of rotatable bonds is 4. The Bertz CT molecular complexity index is 663. The predicted molar refractivity (Wildman–Crippen MR) is 87.8 cm³/mol. The lowest BCUT2D eigenvalue weighted by molar-refractivity contribution is 0.0746.